The number of carbonyl (C=O) groups excluding carboxylic acids is 2. The van der Waals surface area contributed by atoms with Gasteiger partial charge in [-0.05, 0) is 25.1 Å². The van der Waals surface area contributed by atoms with Crippen molar-refractivity contribution < 1.29 is 9.59 Å². The topological polar surface area (TPSA) is 133 Å². The van der Waals surface area contributed by atoms with Crippen LogP contribution < -0.4 is 21.7 Å². The molecule has 0 bridgehead atoms. The zero-order valence-corrected chi connectivity index (χ0v) is 17.4. The standard InChI is InChI=1S/C22H20N6O2S/c1-12-18(20(29)26-15-7-8-16(24)14(9-15)10-23)19(28-22(30)25-12)17-11-31-21(27-17)13-5-3-2-4-6-13/h2-11,19,23H,24H2,1H3,(H,26,29)(H2,25,28,30). The molecule has 31 heavy (non-hydrogen) atoms. The fraction of sp³-hybridized carbons (Fsp3) is 0.0909. The molecule has 156 valence electrons. The highest BCUT2D eigenvalue weighted by atomic mass is 32.1. The zero-order chi connectivity index (χ0) is 22.0. The SMILES string of the molecule is CC1=C(C(=O)Nc2ccc(N)c(C=N)c2)C(c2csc(-c3ccccc3)n2)NC(=O)N1. The number of allylic oxidation sites excluding steroid dienone is 1. The van der Waals surface area contributed by atoms with Crippen molar-refractivity contribution in [2.24, 2.45) is 0 Å². The van der Waals surface area contributed by atoms with Gasteiger partial charge < -0.3 is 27.1 Å². The largest absolute Gasteiger partial charge is 0.398 e. The van der Waals surface area contributed by atoms with Crippen LogP contribution in [0.2, 0.25) is 0 Å². The maximum atomic E-state index is 13.2. The molecule has 0 saturated heterocycles. The first-order chi connectivity index (χ1) is 15.0. The Morgan fingerprint density at radius 1 is 1.26 bits per heavy atom. The Bertz CT molecular complexity index is 1200. The summed E-state index contributed by atoms with van der Waals surface area (Å²) in [6.07, 6.45) is 1.13. The first kappa shape index (κ1) is 20.3. The Morgan fingerprint density at radius 3 is 2.77 bits per heavy atom. The number of amides is 3. The number of nitrogens with zero attached hydrogens (tertiary/aromatic N) is 1. The molecule has 1 atom stereocenters. The fourth-order valence-electron chi connectivity index (χ4n) is 3.32. The lowest BCUT2D eigenvalue weighted by molar-refractivity contribution is -0.113. The van der Waals surface area contributed by atoms with E-state index in [4.69, 9.17) is 11.1 Å². The molecule has 0 radical (unpaired) electrons. The van der Waals surface area contributed by atoms with Crippen molar-refractivity contribution in [3.63, 3.8) is 0 Å². The van der Waals surface area contributed by atoms with Crippen LogP contribution in [-0.2, 0) is 4.79 Å². The number of benzene rings is 2. The summed E-state index contributed by atoms with van der Waals surface area (Å²) in [6, 6.07) is 13.5. The highest BCUT2D eigenvalue weighted by Gasteiger charge is 2.33. The van der Waals surface area contributed by atoms with Crippen molar-refractivity contribution in [3.8, 4) is 10.6 Å². The van der Waals surface area contributed by atoms with Crippen LogP contribution in [0, 0.1) is 5.41 Å². The molecule has 9 heteroatoms. The van der Waals surface area contributed by atoms with Gasteiger partial charge in [0.2, 0.25) is 0 Å². The molecule has 1 aliphatic rings. The third-order valence-electron chi connectivity index (χ3n) is 4.85. The van der Waals surface area contributed by atoms with Crippen molar-refractivity contribution in [1.29, 1.82) is 5.41 Å². The molecule has 3 aromatic rings. The summed E-state index contributed by atoms with van der Waals surface area (Å²) in [5.41, 5.74) is 9.62. The molecule has 3 amide bonds. The lowest BCUT2D eigenvalue weighted by Crippen LogP contribution is -2.46. The van der Waals surface area contributed by atoms with Crippen LogP contribution in [0.4, 0.5) is 16.2 Å². The number of anilines is 2. The number of nitrogen functional groups attached to an aromatic ring is 1. The van der Waals surface area contributed by atoms with Crippen LogP contribution in [0.25, 0.3) is 10.6 Å². The minimum absolute atomic E-state index is 0.359. The summed E-state index contributed by atoms with van der Waals surface area (Å²) in [5, 5.41) is 18.4. The molecule has 4 rings (SSSR count). The predicted octanol–water partition coefficient (Wildman–Crippen LogP) is 3.66. The lowest BCUT2D eigenvalue weighted by atomic mass is 9.99. The zero-order valence-electron chi connectivity index (χ0n) is 16.6. The van der Waals surface area contributed by atoms with Crippen LogP contribution >= 0.6 is 11.3 Å². The van der Waals surface area contributed by atoms with Gasteiger partial charge in [-0.25, -0.2) is 9.78 Å². The molecule has 0 fully saturated rings. The lowest BCUT2D eigenvalue weighted by Gasteiger charge is -2.27. The second-order valence-electron chi connectivity index (χ2n) is 6.96. The molecular weight excluding hydrogens is 412 g/mol. The van der Waals surface area contributed by atoms with Crippen LogP contribution in [0.15, 0.2) is 65.2 Å². The van der Waals surface area contributed by atoms with Gasteiger partial charge in [0.15, 0.2) is 0 Å². The summed E-state index contributed by atoms with van der Waals surface area (Å²) in [6.45, 7) is 1.68. The third-order valence-corrected chi connectivity index (χ3v) is 5.76. The van der Waals surface area contributed by atoms with Gasteiger partial charge in [0.25, 0.3) is 5.91 Å². The van der Waals surface area contributed by atoms with Gasteiger partial charge in [0, 0.05) is 39.8 Å². The Labute approximate surface area is 182 Å². The van der Waals surface area contributed by atoms with Gasteiger partial charge in [-0.3, -0.25) is 4.79 Å². The molecule has 2 heterocycles. The van der Waals surface area contributed by atoms with Gasteiger partial charge in [0.05, 0.1) is 11.3 Å². The van der Waals surface area contributed by atoms with E-state index >= 15 is 0 Å². The molecule has 1 unspecified atom stereocenters. The van der Waals surface area contributed by atoms with Gasteiger partial charge in [-0.1, -0.05) is 30.3 Å². The Hall–Kier alpha value is -3.98. The maximum absolute atomic E-state index is 13.2. The van der Waals surface area contributed by atoms with E-state index in [0.29, 0.717) is 33.9 Å². The number of hydrogen-bond acceptors (Lipinski definition) is 6. The summed E-state index contributed by atoms with van der Waals surface area (Å²) >= 11 is 1.45. The number of hydrogen-bond donors (Lipinski definition) is 5. The van der Waals surface area contributed by atoms with Crippen molar-refractivity contribution in [2.45, 2.75) is 13.0 Å². The average molecular weight is 433 g/mol. The first-order valence-corrected chi connectivity index (χ1v) is 10.3. The molecule has 1 aromatic heterocycles. The van der Waals surface area contributed by atoms with Gasteiger partial charge in [-0.2, -0.15) is 0 Å². The molecule has 8 nitrogen and oxygen atoms in total. The number of rotatable bonds is 5. The molecule has 1 aliphatic heterocycles. The normalized spacial score (nSPS) is 15.8. The van der Waals surface area contributed by atoms with E-state index in [2.05, 4.69) is 20.9 Å². The van der Waals surface area contributed by atoms with Gasteiger partial charge in [-0.15, -0.1) is 11.3 Å². The monoisotopic (exact) mass is 432 g/mol. The molecular formula is C22H20N6O2S. The maximum Gasteiger partial charge on any atom is 0.319 e. The first-order valence-electron chi connectivity index (χ1n) is 9.46. The van der Waals surface area contributed by atoms with Crippen molar-refractivity contribution in [3.05, 3.63) is 76.4 Å². The van der Waals surface area contributed by atoms with Crippen LogP contribution in [-0.4, -0.2) is 23.1 Å². The van der Waals surface area contributed by atoms with Crippen LogP contribution in [0.5, 0.6) is 0 Å². The third kappa shape index (κ3) is 4.17. The summed E-state index contributed by atoms with van der Waals surface area (Å²) < 4.78 is 0. The Balaban J connectivity index is 1.65. The highest BCUT2D eigenvalue weighted by Crippen LogP contribution is 2.32. The smallest absolute Gasteiger partial charge is 0.319 e. The van der Waals surface area contributed by atoms with Crippen molar-refractivity contribution >= 4 is 40.9 Å². The van der Waals surface area contributed by atoms with E-state index in [1.807, 2.05) is 35.7 Å². The van der Waals surface area contributed by atoms with E-state index < -0.39 is 12.1 Å². The molecule has 0 spiro atoms. The number of nitrogens with two attached hydrogens (primary N) is 1. The molecule has 0 saturated carbocycles. The molecule has 0 aliphatic carbocycles. The molecule has 6 N–H and O–H groups in total. The van der Waals surface area contributed by atoms with E-state index in [0.717, 1.165) is 16.8 Å². The number of aromatic nitrogens is 1. The number of urea groups is 1. The van der Waals surface area contributed by atoms with E-state index in [1.165, 1.54) is 11.3 Å². The van der Waals surface area contributed by atoms with E-state index in [1.54, 1.807) is 25.1 Å². The Kier molecular flexibility index (Phi) is 5.50. The molecule has 2 aromatic carbocycles. The van der Waals surface area contributed by atoms with Gasteiger partial charge in [0.1, 0.15) is 11.0 Å². The van der Waals surface area contributed by atoms with Crippen molar-refractivity contribution in [1.82, 2.24) is 15.6 Å². The number of nitrogens with one attached hydrogen (secondary N) is 4. The average Bonchev–Trinajstić information content (AvgIpc) is 3.25. The highest BCUT2D eigenvalue weighted by molar-refractivity contribution is 7.13. The summed E-state index contributed by atoms with van der Waals surface area (Å²) in [5.74, 6) is -0.384. The van der Waals surface area contributed by atoms with E-state index in [9.17, 15) is 9.59 Å². The number of carbonyl (C=O) groups is 2. The minimum Gasteiger partial charge on any atom is -0.398 e. The van der Waals surface area contributed by atoms with Crippen molar-refractivity contribution in [2.75, 3.05) is 11.1 Å². The van der Waals surface area contributed by atoms with E-state index in [-0.39, 0.29) is 5.91 Å². The summed E-state index contributed by atoms with van der Waals surface area (Å²) in [4.78, 5) is 30.0. The fourth-order valence-corrected chi connectivity index (χ4v) is 4.18. The van der Waals surface area contributed by atoms with Crippen LogP contribution in [0.3, 0.4) is 0 Å². The minimum atomic E-state index is -0.696. The van der Waals surface area contributed by atoms with Crippen LogP contribution in [0.1, 0.15) is 24.2 Å². The summed E-state index contributed by atoms with van der Waals surface area (Å²) in [7, 11) is 0. The second kappa shape index (κ2) is 8.41. The predicted molar refractivity (Wildman–Crippen MR) is 122 cm³/mol. The second-order valence-corrected chi connectivity index (χ2v) is 7.81. The van der Waals surface area contributed by atoms with Gasteiger partial charge >= 0.3 is 6.03 Å². The quantitative estimate of drug-likeness (QED) is 0.311. The number of thiazole rings is 1. The Morgan fingerprint density at radius 2 is 2.03 bits per heavy atom.